The Morgan fingerprint density at radius 1 is 0.900 bits per heavy atom. The number of aliphatic imine (C=N–C) groups is 1. The third-order valence-corrected chi connectivity index (χ3v) is 4.81. The molecule has 160 valence electrons. The molecule has 0 amide bonds. The molecule has 5 nitrogen and oxygen atoms in total. The minimum Gasteiger partial charge on any atom is -0.468 e. The third kappa shape index (κ3) is 7.50. The van der Waals surface area contributed by atoms with Crippen LogP contribution in [0, 0.1) is 6.92 Å². The molecule has 0 saturated carbocycles. The molecule has 0 atom stereocenters. The SMILES string of the molecule is CN=C(NCc1ccc(C)cc1)NCc1ccccc1CN(C)Cc1ccco1.I. The zero-order valence-electron chi connectivity index (χ0n) is 17.9. The molecule has 3 rings (SSSR count). The zero-order valence-corrected chi connectivity index (χ0v) is 20.2. The van der Waals surface area contributed by atoms with Crippen LogP contribution in [0.3, 0.4) is 0 Å². The minimum absolute atomic E-state index is 0. The molecule has 0 aliphatic carbocycles. The van der Waals surface area contributed by atoms with E-state index in [1.165, 1.54) is 22.3 Å². The maximum absolute atomic E-state index is 5.46. The second-order valence-corrected chi connectivity index (χ2v) is 7.29. The molecule has 30 heavy (non-hydrogen) atoms. The van der Waals surface area contributed by atoms with E-state index < -0.39 is 0 Å². The van der Waals surface area contributed by atoms with Crippen LogP contribution in [0.5, 0.6) is 0 Å². The predicted octanol–water partition coefficient (Wildman–Crippen LogP) is 4.70. The van der Waals surface area contributed by atoms with Gasteiger partial charge in [0.1, 0.15) is 5.76 Å². The van der Waals surface area contributed by atoms with Gasteiger partial charge in [0, 0.05) is 26.7 Å². The van der Waals surface area contributed by atoms with Gasteiger partial charge in [-0.3, -0.25) is 9.89 Å². The molecule has 2 N–H and O–H groups in total. The molecule has 0 spiro atoms. The predicted molar refractivity (Wildman–Crippen MR) is 134 cm³/mol. The first kappa shape index (κ1) is 24.0. The summed E-state index contributed by atoms with van der Waals surface area (Å²) in [5.74, 6) is 1.77. The molecule has 0 aliphatic rings. The number of hydrogen-bond donors (Lipinski definition) is 2. The molecule has 0 fully saturated rings. The maximum Gasteiger partial charge on any atom is 0.191 e. The summed E-state index contributed by atoms with van der Waals surface area (Å²) in [7, 11) is 3.91. The molecule has 0 unspecified atom stereocenters. The smallest absolute Gasteiger partial charge is 0.191 e. The molecule has 2 aromatic carbocycles. The van der Waals surface area contributed by atoms with Crippen LogP contribution in [-0.4, -0.2) is 25.0 Å². The summed E-state index contributed by atoms with van der Waals surface area (Å²) in [5.41, 5.74) is 5.06. The summed E-state index contributed by atoms with van der Waals surface area (Å²) < 4.78 is 5.46. The van der Waals surface area contributed by atoms with E-state index in [9.17, 15) is 0 Å². The Kier molecular flexibility index (Phi) is 9.89. The van der Waals surface area contributed by atoms with Gasteiger partial charge < -0.3 is 15.1 Å². The average molecular weight is 518 g/mol. The Morgan fingerprint density at radius 3 is 2.27 bits per heavy atom. The van der Waals surface area contributed by atoms with Crippen LogP contribution in [0.15, 0.2) is 76.3 Å². The summed E-state index contributed by atoms with van der Waals surface area (Å²) in [5, 5.41) is 6.81. The summed E-state index contributed by atoms with van der Waals surface area (Å²) in [6.45, 7) is 5.20. The van der Waals surface area contributed by atoms with E-state index in [-0.39, 0.29) is 24.0 Å². The summed E-state index contributed by atoms with van der Waals surface area (Å²) >= 11 is 0. The van der Waals surface area contributed by atoms with Crippen molar-refractivity contribution in [3.63, 3.8) is 0 Å². The molecular weight excluding hydrogens is 487 g/mol. The van der Waals surface area contributed by atoms with Crippen LogP contribution < -0.4 is 10.6 Å². The summed E-state index contributed by atoms with van der Waals surface area (Å²) in [6.07, 6.45) is 1.72. The highest BCUT2D eigenvalue weighted by atomic mass is 127. The highest BCUT2D eigenvalue weighted by Gasteiger charge is 2.08. The third-order valence-electron chi connectivity index (χ3n) is 4.81. The number of halogens is 1. The number of hydrogen-bond acceptors (Lipinski definition) is 3. The summed E-state index contributed by atoms with van der Waals surface area (Å²) in [6, 6.07) is 21.0. The maximum atomic E-state index is 5.46. The van der Waals surface area contributed by atoms with Gasteiger partial charge in [0.15, 0.2) is 5.96 Å². The van der Waals surface area contributed by atoms with Gasteiger partial charge >= 0.3 is 0 Å². The molecule has 0 saturated heterocycles. The van der Waals surface area contributed by atoms with Gasteiger partial charge in [-0.25, -0.2) is 0 Å². The number of rotatable bonds is 8. The van der Waals surface area contributed by atoms with Crippen molar-refractivity contribution >= 4 is 29.9 Å². The Labute approximate surface area is 196 Å². The Morgan fingerprint density at radius 2 is 1.60 bits per heavy atom. The van der Waals surface area contributed by atoms with Crippen molar-refractivity contribution in [2.24, 2.45) is 4.99 Å². The van der Waals surface area contributed by atoms with E-state index in [1.54, 1.807) is 13.3 Å². The van der Waals surface area contributed by atoms with Crippen molar-refractivity contribution in [1.29, 1.82) is 0 Å². The van der Waals surface area contributed by atoms with Gasteiger partial charge in [-0.1, -0.05) is 54.1 Å². The van der Waals surface area contributed by atoms with Gasteiger partial charge in [-0.15, -0.1) is 24.0 Å². The fourth-order valence-electron chi connectivity index (χ4n) is 3.19. The van der Waals surface area contributed by atoms with Crippen molar-refractivity contribution in [3.8, 4) is 0 Å². The first-order chi connectivity index (χ1) is 14.1. The van der Waals surface area contributed by atoms with Gasteiger partial charge in [0.05, 0.1) is 12.8 Å². The fourth-order valence-corrected chi connectivity index (χ4v) is 3.19. The van der Waals surface area contributed by atoms with Crippen molar-refractivity contribution in [2.45, 2.75) is 33.1 Å². The molecule has 3 aromatic rings. The lowest BCUT2D eigenvalue weighted by Gasteiger charge is -2.19. The monoisotopic (exact) mass is 518 g/mol. The molecule has 0 radical (unpaired) electrons. The van der Waals surface area contributed by atoms with Gasteiger partial charge in [-0.05, 0) is 42.8 Å². The van der Waals surface area contributed by atoms with E-state index in [2.05, 4.69) is 83.0 Å². The highest BCUT2D eigenvalue weighted by Crippen LogP contribution is 2.13. The van der Waals surface area contributed by atoms with Gasteiger partial charge in [-0.2, -0.15) is 0 Å². The molecule has 0 aliphatic heterocycles. The normalized spacial score (nSPS) is 11.3. The largest absolute Gasteiger partial charge is 0.468 e. The van der Waals surface area contributed by atoms with Crippen molar-refractivity contribution in [2.75, 3.05) is 14.1 Å². The van der Waals surface area contributed by atoms with E-state index in [4.69, 9.17) is 4.42 Å². The van der Waals surface area contributed by atoms with Crippen LogP contribution in [-0.2, 0) is 26.2 Å². The lowest BCUT2D eigenvalue weighted by molar-refractivity contribution is 0.287. The fraction of sp³-hybridized carbons (Fsp3) is 0.292. The van der Waals surface area contributed by atoms with E-state index in [0.29, 0.717) is 0 Å². The molecule has 1 aromatic heterocycles. The van der Waals surface area contributed by atoms with Crippen LogP contribution in [0.1, 0.15) is 28.0 Å². The average Bonchev–Trinajstić information content (AvgIpc) is 3.23. The first-order valence-corrected chi connectivity index (χ1v) is 9.92. The van der Waals surface area contributed by atoms with E-state index in [1.807, 2.05) is 12.1 Å². The van der Waals surface area contributed by atoms with Crippen molar-refractivity contribution in [3.05, 3.63) is 94.9 Å². The second-order valence-electron chi connectivity index (χ2n) is 7.29. The Bertz CT molecular complexity index is 907. The van der Waals surface area contributed by atoms with Gasteiger partial charge in [0.25, 0.3) is 0 Å². The first-order valence-electron chi connectivity index (χ1n) is 9.92. The molecular formula is C24H31IN4O. The summed E-state index contributed by atoms with van der Waals surface area (Å²) in [4.78, 5) is 6.60. The van der Waals surface area contributed by atoms with Crippen molar-refractivity contribution in [1.82, 2.24) is 15.5 Å². The van der Waals surface area contributed by atoms with Crippen LogP contribution in [0.2, 0.25) is 0 Å². The zero-order chi connectivity index (χ0) is 20.5. The number of aryl methyl sites for hydroxylation is 1. The van der Waals surface area contributed by atoms with Crippen molar-refractivity contribution < 1.29 is 4.42 Å². The molecule has 0 bridgehead atoms. The lowest BCUT2D eigenvalue weighted by Crippen LogP contribution is -2.36. The molecule has 6 heteroatoms. The van der Waals surface area contributed by atoms with E-state index in [0.717, 1.165) is 37.9 Å². The molecule has 1 heterocycles. The lowest BCUT2D eigenvalue weighted by atomic mass is 10.1. The van der Waals surface area contributed by atoms with Crippen LogP contribution in [0.25, 0.3) is 0 Å². The quantitative estimate of drug-likeness (QED) is 0.258. The Balaban J connectivity index is 0.00000320. The standard InChI is InChI=1S/C24H30N4O.HI/c1-19-10-12-20(13-11-19)15-26-24(25-2)27-16-21-7-4-5-8-22(21)17-28(3)18-23-9-6-14-29-23;/h4-14H,15-18H2,1-3H3,(H2,25,26,27);1H. The minimum atomic E-state index is 0. The number of furan rings is 1. The number of guanidine groups is 1. The number of nitrogens with zero attached hydrogens (tertiary/aromatic N) is 2. The van der Waals surface area contributed by atoms with Gasteiger partial charge in [0.2, 0.25) is 0 Å². The number of benzene rings is 2. The van der Waals surface area contributed by atoms with Crippen LogP contribution >= 0.6 is 24.0 Å². The second kappa shape index (κ2) is 12.4. The van der Waals surface area contributed by atoms with Crippen LogP contribution in [0.4, 0.5) is 0 Å². The Hall–Kier alpha value is -2.32. The van der Waals surface area contributed by atoms with E-state index >= 15 is 0 Å². The topological polar surface area (TPSA) is 52.8 Å². The number of nitrogens with one attached hydrogen (secondary N) is 2. The highest BCUT2D eigenvalue weighted by molar-refractivity contribution is 14.0.